The van der Waals surface area contributed by atoms with Crippen LogP contribution in [-0.4, -0.2) is 18.7 Å². The maximum atomic E-state index is 12.0. The van der Waals surface area contributed by atoms with Gasteiger partial charge in [0.2, 0.25) is 0 Å². The van der Waals surface area contributed by atoms with Crippen LogP contribution in [0.5, 0.6) is 0 Å². The van der Waals surface area contributed by atoms with E-state index in [4.69, 9.17) is 0 Å². The van der Waals surface area contributed by atoms with Crippen molar-refractivity contribution >= 4 is 25.5 Å². The molecule has 0 heterocycles. The molecule has 0 saturated heterocycles. The van der Waals surface area contributed by atoms with Gasteiger partial charge in [0, 0.05) is 5.69 Å². The summed E-state index contributed by atoms with van der Waals surface area (Å²) in [6.45, 7) is 1.83. The van der Waals surface area contributed by atoms with Gasteiger partial charge in [-0.1, -0.05) is 26.8 Å². The van der Waals surface area contributed by atoms with Gasteiger partial charge in [0.05, 0.1) is 0 Å². The summed E-state index contributed by atoms with van der Waals surface area (Å²) in [6.07, 6.45) is -4.84. The number of benzene rings is 1. The second-order valence-corrected chi connectivity index (χ2v) is 3.79. The number of carbonyl (C=O) groups excluding carboxylic acids is 1. The maximum absolute atomic E-state index is 12.0. The molecule has 2 nitrogen and oxygen atoms in total. The molecule has 0 bridgehead atoms. The van der Waals surface area contributed by atoms with E-state index in [-0.39, 0.29) is 5.69 Å². The van der Waals surface area contributed by atoms with Crippen LogP contribution < -0.4 is 10.6 Å². The fourth-order valence-corrected chi connectivity index (χ4v) is 1.68. The fraction of sp³-hybridized carbons (Fsp3) is 0.222. The van der Waals surface area contributed by atoms with Crippen LogP contribution in [0, 0.1) is 0 Å². The van der Waals surface area contributed by atoms with E-state index in [2.05, 4.69) is 0 Å². The van der Waals surface area contributed by atoms with Crippen molar-refractivity contribution in [2.45, 2.75) is 6.18 Å². The van der Waals surface area contributed by atoms with E-state index < -0.39 is 12.1 Å². The smallest absolute Gasteiger partial charge is 0.318 e. The number of para-hydroxylation sites is 1. The van der Waals surface area contributed by atoms with Crippen molar-refractivity contribution in [1.82, 2.24) is 0 Å². The summed E-state index contributed by atoms with van der Waals surface area (Å²) in [4.78, 5) is 10.7. The molecule has 0 saturated carbocycles. The SMILES string of the molecule is CPc1ccccc1NC(=O)C(F)(F)F. The summed E-state index contributed by atoms with van der Waals surface area (Å²) >= 11 is 0. The van der Waals surface area contributed by atoms with Crippen molar-refractivity contribution in [3.05, 3.63) is 24.3 Å². The highest BCUT2D eigenvalue weighted by molar-refractivity contribution is 7.46. The largest absolute Gasteiger partial charge is 0.471 e. The summed E-state index contributed by atoms with van der Waals surface area (Å²) < 4.78 is 35.9. The third-order valence-electron chi connectivity index (χ3n) is 1.70. The van der Waals surface area contributed by atoms with Gasteiger partial charge in [0.15, 0.2) is 0 Å². The Bertz CT molecular complexity index is 365. The lowest BCUT2D eigenvalue weighted by Crippen LogP contribution is -2.31. The molecule has 1 N–H and O–H groups in total. The van der Waals surface area contributed by atoms with Gasteiger partial charge in [-0.05, 0) is 18.0 Å². The minimum absolute atomic E-state index is 0.223. The van der Waals surface area contributed by atoms with Gasteiger partial charge in [0.25, 0.3) is 0 Å². The normalized spacial score (nSPS) is 12.0. The van der Waals surface area contributed by atoms with Crippen molar-refractivity contribution in [1.29, 1.82) is 0 Å². The number of hydrogen-bond donors (Lipinski definition) is 1. The summed E-state index contributed by atoms with van der Waals surface area (Å²) in [5, 5.41) is 2.55. The predicted molar refractivity (Wildman–Crippen MR) is 55.0 cm³/mol. The number of hydrogen-bond acceptors (Lipinski definition) is 1. The lowest BCUT2D eigenvalue weighted by molar-refractivity contribution is -0.167. The van der Waals surface area contributed by atoms with Crippen molar-refractivity contribution in [2.75, 3.05) is 12.0 Å². The zero-order valence-corrected chi connectivity index (χ0v) is 8.85. The number of carbonyl (C=O) groups is 1. The zero-order chi connectivity index (χ0) is 11.5. The quantitative estimate of drug-likeness (QED) is 0.781. The first-order valence-corrected chi connectivity index (χ1v) is 5.60. The molecule has 1 aromatic carbocycles. The molecule has 0 aliphatic heterocycles. The Morgan fingerprint density at radius 2 is 1.93 bits per heavy atom. The highest BCUT2D eigenvalue weighted by Gasteiger charge is 2.38. The molecule has 15 heavy (non-hydrogen) atoms. The Kier molecular flexibility index (Phi) is 3.69. The molecule has 82 valence electrons. The summed E-state index contributed by atoms with van der Waals surface area (Å²) in [7, 11) is 0.330. The average molecular weight is 235 g/mol. The second kappa shape index (κ2) is 4.62. The van der Waals surface area contributed by atoms with Crippen molar-refractivity contribution in [3.63, 3.8) is 0 Å². The molecule has 0 aliphatic carbocycles. The van der Waals surface area contributed by atoms with E-state index in [1.165, 1.54) is 6.07 Å². The molecular formula is C9H9F3NOP. The highest BCUT2D eigenvalue weighted by Crippen LogP contribution is 2.19. The Balaban J connectivity index is 2.85. The minimum atomic E-state index is -4.84. The molecule has 0 aromatic heterocycles. The molecule has 6 heteroatoms. The van der Waals surface area contributed by atoms with Crippen LogP contribution in [0.2, 0.25) is 0 Å². The van der Waals surface area contributed by atoms with Crippen molar-refractivity contribution in [2.24, 2.45) is 0 Å². The van der Waals surface area contributed by atoms with Crippen LogP contribution in [0.15, 0.2) is 24.3 Å². The molecule has 1 atom stereocenters. The van der Waals surface area contributed by atoms with E-state index in [0.29, 0.717) is 13.9 Å². The highest BCUT2D eigenvalue weighted by atomic mass is 31.1. The van der Waals surface area contributed by atoms with Gasteiger partial charge < -0.3 is 5.32 Å². The Hall–Kier alpha value is -1.09. The molecule has 0 aliphatic rings. The van der Waals surface area contributed by atoms with E-state index in [9.17, 15) is 18.0 Å². The summed E-state index contributed by atoms with van der Waals surface area (Å²) in [5.74, 6) is -1.94. The standard InChI is InChI=1S/C9H9F3NOP/c1-15-7-5-3-2-4-6(7)13-8(14)9(10,11)12/h2-5,15H,1H3,(H,13,14). The molecular weight excluding hydrogens is 226 g/mol. The minimum Gasteiger partial charge on any atom is -0.318 e. The Morgan fingerprint density at radius 1 is 1.33 bits per heavy atom. The lowest BCUT2D eigenvalue weighted by atomic mass is 10.3. The lowest BCUT2D eigenvalue weighted by Gasteiger charge is -2.10. The van der Waals surface area contributed by atoms with E-state index >= 15 is 0 Å². The van der Waals surface area contributed by atoms with Gasteiger partial charge >= 0.3 is 12.1 Å². The van der Waals surface area contributed by atoms with Crippen LogP contribution in [0.3, 0.4) is 0 Å². The number of amides is 1. The molecule has 1 amide bonds. The topological polar surface area (TPSA) is 29.1 Å². The first-order valence-electron chi connectivity index (χ1n) is 4.10. The van der Waals surface area contributed by atoms with Gasteiger partial charge in [0.1, 0.15) is 0 Å². The third-order valence-corrected chi connectivity index (χ3v) is 2.68. The molecule has 0 fully saturated rings. The van der Waals surface area contributed by atoms with Crippen LogP contribution in [0.4, 0.5) is 18.9 Å². The molecule has 1 aromatic rings. The number of alkyl halides is 3. The van der Waals surface area contributed by atoms with Crippen molar-refractivity contribution in [3.8, 4) is 0 Å². The van der Waals surface area contributed by atoms with E-state index in [1.54, 1.807) is 18.2 Å². The van der Waals surface area contributed by atoms with Gasteiger partial charge in [-0.25, -0.2) is 0 Å². The number of anilines is 1. The zero-order valence-electron chi connectivity index (χ0n) is 7.85. The second-order valence-electron chi connectivity index (χ2n) is 2.75. The van der Waals surface area contributed by atoms with Gasteiger partial charge in [-0.3, -0.25) is 4.79 Å². The first kappa shape index (κ1) is 12.0. The van der Waals surface area contributed by atoms with Crippen LogP contribution >= 0.6 is 8.58 Å². The summed E-state index contributed by atoms with van der Waals surface area (Å²) in [6, 6.07) is 6.44. The fourth-order valence-electron chi connectivity index (χ4n) is 1.00. The average Bonchev–Trinajstić information content (AvgIpc) is 2.17. The van der Waals surface area contributed by atoms with Crippen LogP contribution in [-0.2, 0) is 4.79 Å². The molecule has 1 unspecified atom stereocenters. The Labute approximate surface area is 86.6 Å². The maximum Gasteiger partial charge on any atom is 0.471 e. The van der Waals surface area contributed by atoms with Crippen LogP contribution in [0.25, 0.3) is 0 Å². The third kappa shape index (κ3) is 3.20. The van der Waals surface area contributed by atoms with Crippen molar-refractivity contribution < 1.29 is 18.0 Å². The molecule has 0 radical (unpaired) electrons. The molecule has 1 rings (SSSR count). The van der Waals surface area contributed by atoms with Gasteiger partial charge in [-0.15, -0.1) is 0 Å². The summed E-state index contributed by atoms with van der Waals surface area (Å²) in [5.41, 5.74) is 0.223. The number of rotatable bonds is 2. The van der Waals surface area contributed by atoms with Crippen LogP contribution in [0.1, 0.15) is 0 Å². The van der Waals surface area contributed by atoms with E-state index in [0.717, 1.165) is 0 Å². The number of nitrogens with one attached hydrogen (secondary N) is 1. The number of halogens is 3. The monoisotopic (exact) mass is 235 g/mol. The van der Waals surface area contributed by atoms with E-state index in [1.807, 2.05) is 12.0 Å². The van der Waals surface area contributed by atoms with Gasteiger partial charge in [-0.2, -0.15) is 13.2 Å². The first-order chi connectivity index (χ1) is 6.95. The molecule has 0 spiro atoms. The predicted octanol–water partition coefficient (Wildman–Crippen LogP) is 2.12. The Morgan fingerprint density at radius 3 is 2.47 bits per heavy atom.